The molecule has 0 radical (unpaired) electrons. The van der Waals surface area contributed by atoms with Gasteiger partial charge in [0.2, 0.25) is 0 Å². The van der Waals surface area contributed by atoms with E-state index in [0.29, 0.717) is 0 Å². The highest BCUT2D eigenvalue weighted by atomic mass is 32.2. The molecule has 2 N–H and O–H groups in total. The van der Waals surface area contributed by atoms with Crippen molar-refractivity contribution in [3.05, 3.63) is 65.7 Å². The average Bonchev–Trinajstić information content (AvgIpc) is 2.57. The predicted octanol–water partition coefficient (Wildman–Crippen LogP) is 3.35. The third-order valence-corrected chi connectivity index (χ3v) is 4.74. The van der Waals surface area contributed by atoms with Crippen molar-refractivity contribution in [1.82, 2.24) is 10.3 Å². The first-order valence-electron chi connectivity index (χ1n) is 7.82. The molecule has 116 valence electrons. The second kappa shape index (κ2) is 8.22. The number of nitrogens with one attached hydrogen (secondary N) is 2. The molecule has 3 rings (SSSR count). The number of benzene rings is 2. The minimum Gasteiger partial charge on any atom is -0.321 e. The Labute approximate surface area is 137 Å². The van der Waals surface area contributed by atoms with Crippen molar-refractivity contribution in [2.75, 3.05) is 30.0 Å². The topological polar surface area (TPSA) is 27.3 Å². The molecule has 0 atom stereocenters. The lowest BCUT2D eigenvalue weighted by Gasteiger charge is -2.26. The van der Waals surface area contributed by atoms with E-state index in [4.69, 9.17) is 0 Å². The molecule has 0 spiro atoms. The van der Waals surface area contributed by atoms with Crippen LogP contribution < -0.4 is 10.9 Å². The second-order valence-electron chi connectivity index (χ2n) is 5.55. The summed E-state index contributed by atoms with van der Waals surface area (Å²) in [5.41, 5.74) is 10.3. The van der Waals surface area contributed by atoms with Gasteiger partial charge < -0.3 is 5.43 Å². The molecule has 0 unspecified atom stereocenters. The largest absolute Gasteiger partial charge is 0.321 e. The first-order valence-corrected chi connectivity index (χ1v) is 8.97. The molecule has 0 saturated carbocycles. The zero-order chi connectivity index (χ0) is 15.0. The van der Waals surface area contributed by atoms with Gasteiger partial charge in [0.05, 0.1) is 0 Å². The van der Waals surface area contributed by atoms with Crippen LogP contribution in [0.1, 0.15) is 11.1 Å². The molecule has 0 aliphatic carbocycles. The Morgan fingerprint density at radius 2 is 1.68 bits per heavy atom. The van der Waals surface area contributed by atoms with Crippen LogP contribution in [0.5, 0.6) is 0 Å². The SMILES string of the molecule is c1ccc(NNCc2cccc(CN3CCSCC3)c2)cc1. The minimum absolute atomic E-state index is 0.818. The lowest BCUT2D eigenvalue weighted by Crippen LogP contribution is -2.32. The summed E-state index contributed by atoms with van der Waals surface area (Å²) in [6.45, 7) is 4.31. The van der Waals surface area contributed by atoms with Gasteiger partial charge in [-0.05, 0) is 23.3 Å². The summed E-state index contributed by atoms with van der Waals surface area (Å²) < 4.78 is 0. The molecule has 2 aromatic rings. The van der Waals surface area contributed by atoms with Gasteiger partial charge in [0.1, 0.15) is 0 Å². The monoisotopic (exact) mass is 313 g/mol. The van der Waals surface area contributed by atoms with Gasteiger partial charge in [-0.3, -0.25) is 4.90 Å². The number of hydrazine groups is 1. The fourth-order valence-corrected chi connectivity index (χ4v) is 3.60. The maximum Gasteiger partial charge on any atom is 0.0487 e. The van der Waals surface area contributed by atoms with Gasteiger partial charge in [-0.25, -0.2) is 5.43 Å². The zero-order valence-electron chi connectivity index (χ0n) is 12.8. The van der Waals surface area contributed by atoms with Crippen LogP contribution in [0, 0.1) is 0 Å². The van der Waals surface area contributed by atoms with Gasteiger partial charge >= 0.3 is 0 Å². The summed E-state index contributed by atoms with van der Waals surface area (Å²) in [4.78, 5) is 2.55. The minimum atomic E-state index is 0.818. The van der Waals surface area contributed by atoms with Crippen molar-refractivity contribution < 1.29 is 0 Å². The van der Waals surface area contributed by atoms with E-state index in [1.807, 2.05) is 18.2 Å². The van der Waals surface area contributed by atoms with Crippen molar-refractivity contribution >= 4 is 17.4 Å². The number of thioether (sulfide) groups is 1. The summed E-state index contributed by atoms with van der Waals surface area (Å²) in [5, 5.41) is 0. The number of rotatable bonds is 6. The molecular formula is C18H23N3S. The van der Waals surface area contributed by atoms with Crippen LogP contribution in [-0.4, -0.2) is 29.5 Å². The number of hydrogen-bond donors (Lipinski definition) is 2. The Hall–Kier alpha value is -1.49. The van der Waals surface area contributed by atoms with E-state index in [9.17, 15) is 0 Å². The van der Waals surface area contributed by atoms with Crippen LogP contribution in [0.25, 0.3) is 0 Å². The van der Waals surface area contributed by atoms with Gasteiger partial charge in [-0.15, -0.1) is 0 Å². The number of nitrogens with zero attached hydrogens (tertiary/aromatic N) is 1. The third-order valence-electron chi connectivity index (χ3n) is 3.80. The van der Waals surface area contributed by atoms with E-state index in [1.54, 1.807) is 0 Å². The van der Waals surface area contributed by atoms with Crippen LogP contribution in [0.3, 0.4) is 0 Å². The summed E-state index contributed by atoms with van der Waals surface area (Å²) in [6, 6.07) is 19.1. The number of anilines is 1. The van der Waals surface area contributed by atoms with Gasteiger partial charge in [-0.1, -0.05) is 42.5 Å². The van der Waals surface area contributed by atoms with Crippen molar-refractivity contribution in [2.45, 2.75) is 13.1 Å². The lowest BCUT2D eigenvalue weighted by molar-refractivity contribution is 0.294. The molecule has 0 amide bonds. The van der Waals surface area contributed by atoms with E-state index in [1.165, 1.54) is 35.7 Å². The summed E-state index contributed by atoms with van der Waals surface area (Å²) in [6.07, 6.45) is 0. The molecule has 0 bridgehead atoms. The quantitative estimate of drug-likeness (QED) is 0.800. The molecule has 2 aromatic carbocycles. The van der Waals surface area contributed by atoms with E-state index in [-0.39, 0.29) is 0 Å². The van der Waals surface area contributed by atoms with Crippen LogP contribution in [0.4, 0.5) is 5.69 Å². The van der Waals surface area contributed by atoms with Crippen LogP contribution >= 0.6 is 11.8 Å². The van der Waals surface area contributed by atoms with E-state index < -0.39 is 0 Å². The predicted molar refractivity (Wildman–Crippen MR) is 95.9 cm³/mol. The Morgan fingerprint density at radius 3 is 2.50 bits per heavy atom. The summed E-state index contributed by atoms with van der Waals surface area (Å²) in [5.74, 6) is 2.53. The maximum absolute atomic E-state index is 3.28. The fourth-order valence-electron chi connectivity index (χ4n) is 2.63. The number of hydrogen-bond acceptors (Lipinski definition) is 4. The van der Waals surface area contributed by atoms with Crippen molar-refractivity contribution in [3.8, 4) is 0 Å². The van der Waals surface area contributed by atoms with E-state index >= 15 is 0 Å². The molecule has 1 fully saturated rings. The smallest absolute Gasteiger partial charge is 0.0487 e. The Balaban J connectivity index is 1.50. The van der Waals surface area contributed by atoms with E-state index in [0.717, 1.165) is 18.8 Å². The maximum atomic E-state index is 3.28. The highest BCUT2D eigenvalue weighted by Gasteiger charge is 2.10. The molecule has 22 heavy (non-hydrogen) atoms. The molecule has 1 aliphatic rings. The fraction of sp³-hybridized carbons (Fsp3) is 0.333. The normalized spacial score (nSPS) is 15.6. The molecule has 4 heteroatoms. The van der Waals surface area contributed by atoms with Crippen LogP contribution in [-0.2, 0) is 13.1 Å². The Morgan fingerprint density at radius 1 is 0.909 bits per heavy atom. The van der Waals surface area contributed by atoms with Gasteiger partial charge in [0, 0.05) is 43.4 Å². The Kier molecular flexibility index (Phi) is 5.76. The first-order chi connectivity index (χ1) is 10.9. The van der Waals surface area contributed by atoms with Crippen LogP contribution in [0.2, 0.25) is 0 Å². The highest BCUT2D eigenvalue weighted by Crippen LogP contribution is 2.14. The summed E-state index contributed by atoms with van der Waals surface area (Å²) in [7, 11) is 0. The first kappa shape index (κ1) is 15.4. The molecule has 1 aliphatic heterocycles. The molecule has 1 heterocycles. The standard InChI is InChI=1S/C18H23N3S/c1-2-7-18(8-3-1)20-19-14-16-5-4-6-17(13-16)15-21-9-11-22-12-10-21/h1-8,13,19-20H,9-12,14-15H2. The molecular weight excluding hydrogens is 290 g/mol. The summed E-state index contributed by atoms with van der Waals surface area (Å²) >= 11 is 2.06. The molecule has 1 saturated heterocycles. The van der Waals surface area contributed by atoms with Crippen molar-refractivity contribution in [3.63, 3.8) is 0 Å². The highest BCUT2D eigenvalue weighted by molar-refractivity contribution is 7.99. The number of para-hydroxylation sites is 1. The molecule has 0 aromatic heterocycles. The zero-order valence-corrected chi connectivity index (χ0v) is 13.6. The van der Waals surface area contributed by atoms with E-state index in [2.05, 4.69) is 63.9 Å². The van der Waals surface area contributed by atoms with Gasteiger partial charge in [0.15, 0.2) is 0 Å². The van der Waals surface area contributed by atoms with Gasteiger partial charge in [-0.2, -0.15) is 11.8 Å². The third kappa shape index (κ3) is 4.77. The lowest BCUT2D eigenvalue weighted by atomic mass is 10.1. The second-order valence-corrected chi connectivity index (χ2v) is 6.78. The molecule has 3 nitrogen and oxygen atoms in total. The Bertz CT molecular complexity index is 568. The average molecular weight is 313 g/mol. The van der Waals surface area contributed by atoms with Gasteiger partial charge in [0.25, 0.3) is 0 Å². The van der Waals surface area contributed by atoms with Crippen LogP contribution in [0.15, 0.2) is 54.6 Å². The van der Waals surface area contributed by atoms with Crippen molar-refractivity contribution in [2.24, 2.45) is 0 Å². The van der Waals surface area contributed by atoms with Crippen molar-refractivity contribution in [1.29, 1.82) is 0 Å².